The van der Waals surface area contributed by atoms with Gasteiger partial charge in [-0.2, -0.15) is 39.5 Å². The molecule has 3 rings (SSSR count). The molecule has 0 aliphatic carbocycles. The van der Waals surface area contributed by atoms with Crippen LogP contribution in [0.4, 0.5) is 49.6 Å². The number of hydrogen-bond donors (Lipinski definition) is 2. The van der Waals surface area contributed by atoms with E-state index in [1.807, 2.05) is 5.43 Å². The van der Waals surface area contributed by atoms with Crippen molar-refractivity contribution in [3.05, 3.63) is 104 Å². The first-order chi connectivity index (χ1) is 18.8. The van der Waals surface area contributed by atoms with Crippen LogP contribution < -0.4 is 10.9 Å². The fraction of sp³-hybridized carbons (Fsp3) is 0.160. The molecule has 1 amide bonds. The van der Waals surface area contributed by atoms with E-state index in [4.69, 9.17) is 34.8 Å². The molecule has 2 N–H and O–H groups in total. The highest BCUT2D eigenvalue weighted by Crippen LogP contribution is 2.43. The molecule has 1 atom stereocenters. The highest BCUT2D eigenvalue weighted by atomic mass is 35.5. The predicted octanol–water partition coefficient (Wildman–Crippen LogP) is 10.1. The molecule has 1 unspecified atom stereocenters. The van der Waals surface area contributed by atoms with Crippen LogP contribution in [-0.4, -0.2) is 12.1 Å². The van der Waals surface area contributed by atoms with Crippen molar-refractivity contribution < 1.29 is 48.7 Å². The molecule has 16 heteroatoms. The Morgan fingerprint density at radius 3 is 1.83 bits per heavy atom. The molecular formula is C25H13Cl3F10N2O. The van der Waals surface area contributed by atoms with Gasteiger partial charge in [0.05, 0.1) is 37.4 Å². The van der Waals surface area contributed by atoms with Crippen LogP contribution in [0.25, 0.3) is 5.83 Å². The van der Waals surface area contributed by atoms with Crippen LogP contribution >= 0.6 is 34.8 Å². The third-order valence-corrected chi connectivity index (χ3v) is 6.61. The van der Waals surface area contributed by atoms with E-state index in [2.05, 4.69) is 5.43 Å². The van der Waals surface area contributed by atoms with Crippen LogP contribution in [0.1, 0.15) is 38.5 Å². The van der Waals surface area contributed by atoms with Crippen molar-refractivity contribution in [3.8, 4) is 0 Å². The van der Waals surface area contributed by atoms with E-state index in [0.717, 1.165) is 24.3 Å². The van der Waals surface area contributed by atoms with Gasteiger partial charge >= 0.3 is 18.5 Å². The van der Waals surface area contributed by atoms with Crippen molar-refractivity contribution in [2.24, 2.45) is 0 Å². The minimum Gasteiger partial charge on any atom is -0.298 e. The van der Waals surface area contributed by atoms with Crippen molar-refractivity contribution in [1.29, 1.82) is 0 Å². The maximum absolute atomic E-state index is 15.0. The average molecular weight is 654 g/mol. The standard InChI is InChI=1S/C25H13Cl3F10N2O/c26-18-8-12(9-19(27)21(18)28)16(24(33,34)35)10-20(29)11-1-6-15(17(7-11)25(36,37)38)22(41)40-39-14-4-2-13(3-5-14)23(30,31)32/h1-10,16,39H,(H,40,41). The highest BCUT2D eigenvalue weighted by molar-refractivity contribution is 6.48. The lowest BCUT2D eigenvalue weighted by Gasteiger charge is -2.19. The Hall–Kier alpha value is -3.16. The normalized spacial score (nSPS) is 13.6. The fourth-order valence-corrected chi connectivity index (χ4v) is 4.05. The number of allylic oxidation sites excluding steroid dienone is 1. The Balaban J connectivity index is 1.93. The van der Waals surface area contributed by atoms with Gasteiger partial charge in [0.25, 0.3) is 5.91 Å². The summed E-state index contributed by atoms with van der Waals surface area (Å²) in [6.45, 7) is 0. The summed E-state index contributed by atoms with van der Waals surface area (Å²) in [4.78, 5) is 12.4. The number of nitrogens with one attached hydrogen (secondary N) is 2. The zero-order valence-corrected chi connectivity index (χ0v) is 21.9. The topological polar surface area (TPSA) is 41.1 Å². The number of carbonyl (C=O) groups is 1. The molecule has 0 spiro atoms. The quantitative estimate of drug-likeness (QED) is 0.158. The number of carbonyl (C=O) groups excluding carboxylic acids is 1. The first-order valence-electron chi connectivity index (χ1n) is 10.8. The van der Waals surface area contributed by atoms with Gasteiger partial charge < -0.3 is 0 Å². The minimum absolute atomic E-state index is 0.0112. The van der Waals surface area contributed by atoms with Gasteiger partial charge in [-0.25, -0.2) is 4.39 Å². The molecule has 3 aromatic rings. The van der Waals surface area contributed by atoms with Gasteiger partial charge in [-0.15, -0.1) is 0 Å². The first kappa shape index (κ1) is 32.4. The Bertz CT molecular complexity index is 1440. The number of hydrazine groups is 1. The third-order valence-electron chi connectivity index (χ3n) is 5.41. The van der Waals surface area contributed by atoms with Crippen molar-refractivity contribution in [1.82, 2.24) is 5.43 Å². The molecule has 0 aromatic heterocycles. The van der Waals surface area contributed by atoms with Crippen LogP contribution in [0.2, 0.25) is 15.1 Å². The Kier molecular flexibility index (Phi) is 9.46. The van der Waals surface area contributed by atoms with E-state index in [-0.39, 0.29) is 32.9 Å². The van der Waals surface area contributed by atoms with Gasteiger partial charge in [0, 0.05) is 5.56 Å². The highest BCUT2D eigenvalue weighted by Gasteiger charge is 2.41. The Morgan fingerprint density at radius 2 is 1.34 bits per heavy atom. The number of rotatable bonds is 6. The van der Waals surface area contributed by atoms with Crippen molar-refractivity contribution in [2.45, 2.75) is 24.4 Å². The second-order valence-corrected chi connectivity index (χ2v) is 9.44. The summed E-state index contributed by atoms with van der Waals surface area (Å²) in [6.07, 6.45) is -15.0. The smallest absolute Gasteiger partial charge is 0.298 e. The molecular weight excluding hydrogens is 641 g/mol. The number of hydrogen-bond acceptors (Lipinski definition) is 2. The lowest BCUT2D eigenvalue weighted by Crippen LogP contribution is -2.31. The lowest BCUT2D eigenvalue weighted by atomic mass is 9.95. The molecule has 0 saturated carbocycles. The number of halogens is 13. The van der Waals surface area contributed by atoms with Crippen LogP contribution in [-0.2, 0) is 12.4 Å². The number of alkyl halides is 9. The van der Waals surface area contributed by atoms with Gasteiger partial charge in [0.15, 0.2) is 0 Å². The SMILES string of the molecule is O=C(NNc1ccc(C(F)(F)F)cc1)c1ccc(C(F)=CC(c2cc(Cl)c(Cl)c(Cl)c2)C(F)(F)F)cc1C(F)(F)F. The molecule has 0 aliphatic rings. The molecule has 41 heavy (non-hydrogen) atoms. The van der Waals surface area contributed by atoms with E-state index in [1.54, 1.807) is 0 Å². The van der Waals surface area contributed by atoms with Gasteiger partial charge in [-0.1, -0.05) is 40.9 Å². The van der Waals surface area contributed by atoms with Crippen LogP contribution in [0.3, 0.4) is 0 Å². The third kappa shape index (κ3) is 7.98. The van der Waals surface area contributed by atoms with E-state index in [1.165, 1.54) is 0 Å². The molecule has 0 fully saturated rings. The summed E-state index contributed by atoms with van der Waals surface area (Å²) in [5.74, 6) is -5.83. The summed E-state index contributed by atoms with van der Waals surface area (Å²) in [6, 6.07) is 5.95. The van der Waals surface area contributed by atoms with E-state index in [0.29, 0.717) is 24.3 Å². The maximum atomic E-state index is 15.0. The van der Waals surface area contributed by atoms with E-state index < -0.39 is 64.0 Å². The predicted molar refractivity (Wildman–Crippen MR) is 133 cm³/mol. The first-order valence-corrected chi connectivity index (χ1v) is 12.0. The molecule has 220 valence electrons. The molecule has 0 radical (unpaired) electrons. The average Bonchev–Trinajstić information content (AvgIpc) is 2.86. The summed E-state index contributed by atoms with van der Waals surface area (Å²) in [5.41, 5.74) is -1.49. The Morgan fingerprint density at radius 1 is 0.780 bits per heavy atom. The monoisotopic (exact) mass is 652 g/mol. The second-order valence-electron chi connectivity index (χ2n) is 8.24. The van der Waals surface area contributed by atoms with Gasteiger partial charge in [-0.05, 0) is 60.2 Å². The van der Waals surface area contributed by atoms with Gasteiger partial charge in [0.2, 0.25) is 0 Å². The second kappa shape index (κ2) is 12.0. The van der Waals surface area contributed by atoms with Crippen molar-refractivity contribution >= 4 is 52.2 Å². The van der Waals surface area contributed by atoms with Gasteiger partial charge in [-0.3, -0.25) is 15.6 Å². The number of amides is 1. The number of benzene rings is 3. The summed E-state index contributed by atoms with van der Waals surface area (Å²) in [5, 5.41) is -1.02. The van der Waals surface area contributed by atoms with Crippen LogP contribution in [0, 0.1) is 0 Å². The van der Waals surface area contributed by atoms with Crippen LogP contribution in [0.15, 0.2) is 60.7 Å². The van der Waals surface area contributed by atoms with E-state index in [9.17, 15) is 48.7 Å². The van der Waals surface area contributed by atoms with E-state index >= 15 is 0 Å². The van der Waals surface area contributed by atoms with Crippen molar-refractivity contribution in [2.75, 3.05) is 5.43 Å². The molecule has 0 heterocycles. The Labute approximate surface area is 239 Å². The largest absolute Gasteiger partial charge is 0.417 e. The molecule has 0 saturated heterocycles. The van der Waals surface area contributed by atoms with Crippen LogP contribution in [0.5, 0.6) is 0 Å². The van der Waals surface area contributed by atoms with Gasteiger partial charge in [0.1, 0.15) is 11.7 Å². The molecule has 3 nitrogen and oxygen atoms in total. The minimum atomic E-state index is -5.27. The molecule has 0 bridgehead atoms. The summed E-state index contributed by atoms with van der Waals surface area (Å²) >= 11 is 17.3. The molecule has 3 aromatic carbocycles. The van der Waals surface area contributed by atoms with Crippen molar-refractivity contribution in [3.63, 3.8) is 0 Å². The number of anilines is 1. The summed E-state index contributed by atoms with van der Waals surface area (Å²) in [7, 11) is 0. The maximum Gasteiger partial charge on any atom is 0.417 e. The summed E-state index contributed by atoms with van der Waals surface area (Å²) < 4.78 is 135. The lowest BCUT2D eigenvalue weighted by molar-refractivity contribution is -0.140. The fourth-order valence-electron chi connectivity index (χ4n) is 3.44. The molecule has 0 aliphatic heterocycles. The zero-order chi connectivity index (χ0) is 30.9. The zero-order valence-electron chi connectivity index (χ0n) is 19.7.